The van der Waals surface area contributed by atoms with E-state index in [0.717, 1.165) is 42.8 Å². The van der Waals surface area contributed by atoms with Crippen LogP contribution >= 0.6 is 0 Å². The third kappa shape index (κ3) is 4.18. The van der Waals surface area contributed by atoms with Crippen molar-refractivity contribution in [1.29, 1.82) is 0 Å². The van der Waals surface area contributed by atoms with Crippen LogP contribution in [-0.2, 0) is 9.59 Å². The minimum absolute atomic E-state index is 0.0156. The lowest BCUT2D eigenvalue weighted by Crippen LogP contribution is -2.52. The molecule has 6 nitrogen and oxygen atoms in total. The largest absolute Gasteiger partial charge is 0.497 e. The highest BCUT2D eigenvalue weighted by molar-refractivity contribution is 5.97. The topological polar surface area (TPSA) is 59.1 Å². The molecule has 2 amide bonds. The molecule has 3 atom stereocenters. The Balaban J connectivity index is 1.79. The molecule has 0 N–H and O–H groups in total. The molecule has 0 aromatic heterocycles. The Hall–Kier alpha value is -3.02. The van der Waals surface area contributed by atoms with Gasteiger partial charge >= 0.3 is 0 Å². The lowest BCUT2D eigenvalue weighted by Gasteiger charge is -2.44. The van der Waals surface area contributed by atoms with Gasteiger partial charge in [-0.1, -0.05) is 18.2 Å². The average Bonchev–Trinajstić information content (AvgIpc) is 2.84. The van der Waals surface area contributed by atoms with E-state index in [2.05, 4.69) is 6.92 Å². The van der Waals surface area contributed by atoms with Gasteiger partial charge in [-0.15, -0.1) is 0 Å². The summed E-state index contributed by atoms with van der Waals surface area (Å²) in [5.74, 6) is 1.24. The first-order valence-electron chi connectivity index (χ1n) is 11.4. The summed E-state index contributed by atoms with van der Waals surface area (Å²) in [7, 11) is 3.25. The Morgan fingerprint density at radius 3 is 2.41 bits per heavy atom. The number of para-hydroxylation sites is 1. The van der Waals surface area contributed by atoms with Gasteiger partial charge in [0.1, 0.15) is 11.5 Å². The Kier molecular flexibility index (Phi) is 6.68. The molecule has 2 saturated heterocycles. The Bertz CT molecular complexity index is 959. The zero-order valence-electron chi connectivity index (χ0n) is 19.1. The molecule has 0 bridgehead atoms. The van der Waals surface area contributed by atoms with Gasteiger partial charge in [-0.3, -0.25) is 9.59 Å². The van der Waals surface area contributed by atoms with Crippen LogP contribution in [0.15, 0.2) is 48.5 Å². The summed E-state index contributed by atoms with van der Waals surface area (Å²) in [4.78, 5) is 30.9. The fourth-order valence-electron chi connectivity index (χ4n) is 5.10. The van der Waals surface area contributed by atoms with Gasteiger partial charge in [-0.25, -0.2) is 0 Å². The number of benzene rings is 2. The van der Waals surface area contributed by atoms with Gasteiger partial charge in [-0.05, 0) is 62.9 Å². The van der Waals surface area contributed by atoms with Crippen molar-refractivity contribution in [3.8, 4) is 11.5 Å². The van der Waals surface area contributed by atoms with Gasteiger partial charge in [0.15, 0.2) is 0 Å². The van der Waals surface area contributed by atoms with Crippen LogP contribution in [0.1, 0.15) is 50.6 Å². The molecule has 0 saturated carbocycles. The standard InChI is InChI=1S/C26H32N2O4/c1-18-8-6-7-17-27(18)26(30)22-15-16-24(29)28(19-11-13-20(31-2)14-12-19)25(22)21-9-4-5-10-23(21)32-3/h4-5,9-14,18,22,25H,6-8,15-17H2,1-3H3. The smallest absolute Gasteiger partial charge is 0.228 e. The summed E-state index contributed by atoms with van der Waals surface area (Å²) < 4.78 is 11.0. The molecule has 2 aliphatic heterocycles. The average molecular weight is 437 g/mol. The number of amides is 2. The molecule has 6 heteroatoms. The summed E-state index contributed by atoms with van der Waals surface area (Å²) in [5.41, 5.74) is 1.62. The van der Waals surface area contributed by atoms with Crippen LogP contribution < -0.4 is 14.4 Å². The zero-order valence-corrected chi connectivity index (χ0v) is 19.1. The van der Waals surface area contributed by atoms with Crippen LogP contribution in [0.25, 0.3) is 0 Å². The Morgan fingerprint density at radius 2 is 1.72 bits per heavy atom. The van der Waals surface area contributed by atoms with E-state index in [-0.39, 0.29) is 23.8 Å². The number of ether oxygens (including phenoxy) is 2. The van der Waals surface area contributed by atoms with Gasteiger partial charge in [0.25, 0.3) is 0 Å². The molecule has 3 unspecified atom stereocenters. The fraction of sp³-hybridized carbons (Fsp3) is 0.462. The first-order valence-corrected chi connectivity index (χ1v) is 11.4. The van der Waals surface area contributed by atoms with Crippen LogP contribution in [-0.4, -0.2) is 43.5 Å². The van der Waals surface area contributed by atoms with Crippen molar-refractivity contribution in [3.05, 3.63) is 54.1 Å². The predicted molar refractivity (Wildman–Crippen MR) is 124 cm³/mol. The van der Waals surface area contributed by atoms with Crippen molar-refractivity contribution in [1.82, 2.24) is 4.90 Å². The van der Waals surface area contributed by atoms with Gasteiger partial charge in [0, 0.05) is 30.3 Å². The molecule has 0 spiro atoms. The van der Waals surface area contributed by atoms with Crippen molar-refractivity contribution < 1.29 is 19.1 Å². The molecule has 170 valence electrons. The summed E-state index contributed by atoms with van der Waals surface area (Å²) in [5, 5.41) is 0. The van der Waals surface area contributed by atoms with Crippen LogP contribution in [0.2, 0.25) is 0 Å². The molecule has 4 rings (SSSR count). The van der Waals surface area contributed by atoms with E-state index >= 15 is 0 Å². The third-order valence-corrected chi connectivity index (χ3v) is 6.81. The molecule has 32 heavy (non-hydrogen) atoms. The van der Waals surface area contributed by atoms with E-state index in [1.165, 1.54) is 0 Å². The molecule has 2 heterocycles. The van der Waals surface area contributed by atoms with E-state index < -0.39 is 6.04 Å². The molecular formula is C26H32N2O4. The molecule has 2 aliphatic rings. The lowest BCUT2D eigenvalue weighted by atomic mass is 9.81. The van der Waals surface area contributed by atoms with Crippen LogP contribution in [0.3, 0.4) is 0 Å². The first kappa shape index (κ1) is 22.2. The minimum Gasteiger partial charge on any atom is -0.497 e. The number of hydrogen-bond donors (Lipinski definition) is 0. The summed E-state index contributed by atoms with van der Waals surface area (Å²) >= 11 is 0. The highest BCUT2D eigenvalue weighted by atomic mass is 16.5. The van der Waals surface area contributed by atoms with Crippen LogP contribution in [0.5, 0.6) is 11.5 Å². The maximum absolute atomic E-state index is 13.9. The van der Waals surface area contributed by atoms with Crippen molar-refractivity contribution in [2.45, 2.75) is 51.1 Å². The molecular weight excluding hydrogens is 404 g/mol. The Labute approximate surface area is 190 Å². The van der Waals surface area contributed by atoms with Gasteiger partial charge in [-0.2, -0.15) is 0 Å². The number of hydrogen-bond acceptors (Lipinski definition) is 4. The van der Waals surface area contributed by atoms with Gasteiger partial charge in [0.05, 0.1) is 26.2 Å². The molecule has 2 aromatic rings. The SMILES string of the molecule is COc1ccc(N2C(=O)CCC(C(=O)N3CCCCC3C)C2c2ccccc2OC)cc1. The predicted octanol–water partition coefficient (Wildman–Crippen LogP) is 4.59. The number of carbonyl (C=O) groups is 2. The minimum atomic E-state index is -0.428. The maximum atomic E-state index is 13.9. The highest BCUT2D eigenvalue weighted by Gasteiger charge is 2.44. The summed E-state index contributed by atoms with van der Waals surface area (Å²) in [6.45, 7) is 2.91. The second kappa shape index (κ2) is 9.63. The molecule has 0 radical (unpaired) electrons. The van der Waals surface area contributed by atoms with Gasteiger partial charge < -0.3 is 19.3 Å². The third-order valence-electron chi connectivity index (χ3n) is 6.81. The molecule has 2 aromatic carbocycles. The number of likely N-dealkylation sites (tertiary alicyclic amines) is 1. The quantitative estimate of drug-likeness (QED) is 0.688. The second-order valence-electron chi connectivity index (χ2n) is 8.67. The number of anilines is 1. The lowest BCUT2D eigenvalue weighted by molar-refractivity contribution is -0.141. The first-order chi connectivity index (χ1) is 15.5. The van der Waals surface area contributed by atoms with Crippen molar-refractivity contribution in [2.24, 2.45) is 5.92 Å². The van der Waals surface area contributed by atoms with Crippen molar-refractivity contribution in [3.63, 3.8) is 0 Å². The fourth-order valence-corrected chi connectivity index (χ4v) is 5.10. The monoisotopic (exact) mass is 436 g/mol. The number of methoxy groups -OCH3 is 2. The number of carbonyl (C=O) groups excluding carboxylic acids is 2. The van der Waals surface area contributed by atoms with E-state index in [9.17, 15) is 9.59 Å². The van der Waals surface area contributed by atoms with Crippen LogP contribution in [0, 0.1) is 5.92 Å². The summed E-state index contributed by atoms with van der Waals surface area (Å²) in [6.07, 6.45) is 4.09. The highest BCUT2D eigenvalue weighted by Crippen LogP contribution is 2.44. The van der Waals surface area contributed by atoms with E-state index in [1.54, 1.807) is 19.1 Å². The normalized spacial score (nSPS) is 23.7. The molecule has 2 fully saturated rings. The van der Waals surface area contributed by atoms with E-state index in [4.69, 9.17) is 9.47 Å². The number of rotatable bonds is 5. The van der Waals surface area contributed by atoms with Crippen LogP contribution in [0.4, 0.5) is 5.69 Å². The van der Waals surface area contributed by atoms with Crippen molar-refractivity contribution >= 4 is 17.5 Å². The van der Waals surface area contributed by atoms with Gasteiger partial charge in [0.2, 0.25) is 11.8 Å². The summed E-state index contributed by atoms with van der Waals surface area (Å²) in [6, 6.07) is 15.0. The maximum Gasteiger partial charge on any atom is 0.228 e. The number of piperidine rings is 2. The van der Waals surface area contributed by atoms with E-state index in [1.807, 2.05) is 53.4 Å². The Morgan fingerprint density at radius 1 is 0.969 bits per heavy atom. The molecule has 0 aliphatic carbocycles. The second-order valence-corrected chi connectivity index (χ2v) is 8.67. The van der Waals surface area contributed by atoms with Crippen molar-refractivity contribution in [2.75, 3.05) is 25.7 Å². The van der Waals surface area contributed by atoms with E-state index in [0.29, 0.717) is 18.6 Å². The number of nitrogens with zero attached hydrogens (tertiary/aromatic N) is 2. The zero-order chi connectivity index (χ0) is 22.7.